The van der Waals surface area contributed by atoms with Crippen LogP contribution in [0.15, 0.2) is 18.6 Å². The highest BCUT2D eigenvalue weighted by Crippen LogP contribution is 2.29. The highest BCUT2D eigenvalue weighted by atomic mass is 16.5. The summed E-state index contributed by atoms with van der Waals surface area (Å²) in [5.41, 5.74) is 2.61. The van der Waals surface area contributed by atoms with Crippen LogP contribution in [-0.2, 0) is 18.8 Å². The molecule has 3 aromatic rings. The van der Waals surface area contributed by atoms with E-state index in [0.717, 1.165) is 61.7 Å². The third-order valence-electron chi connectivity index (χ3n) is 6.15. The summed E-state index contributed by atoms with van der Waals surface area (Å²) in [5.74, 6) is 1.38. The third-order valence-corrected chi connectivity index (χ3v) is 6.15. The number of fused-ring (bicyclic) bond motifs is 1. The second-order valence-electron chi connectivity index (χ2n) is 8.22. The molecule has 2 aliphatic rings. The van der Waals surface area contributed by atoms with Crippen molar-refractivity contribution in [1.29, 1.82) is 0 Å². The van der Waals surface area contributed by atoms with Gasteiger partial charge in [0, 0.05) is 45.5 Å². The fourth-order valence-electron chi connectivity index (χ4n) is 4.57. The number of rotatable bonds is 5. The molecule has 30 heavy (non-hydrogen) atoms. The first-order valence-corrected chi connectivity index (χ1v) is 10.7. The Morgan fingerprint density at radius 2 is 1.80 bits per heavy atom. The minimum Gasteiger partial charge on any atom is -0.379 e. The van der Waals surface area contributed by atoms with E-state index in [0.29, 0.717) is 18.0 Å². The van der Waals surface area contributed by atoms with E-state index in [1.165, 1.54) is 12.8 Å². The van der Waals surface area contributed by atoms with Gasteiger partial charge in [-0.1, -0.05) is 0 Å². The number of nitrogens with zero attached hydrogens (tertiary/aromatic N) is 7. The van der Waals surface area contributed by atoms with Crippen molar-refractivity contribution in [2.24, 2.45) is 14.1 Å². The Morgan fingerprint density at radius 3 is 2.53 bits per heavy atom. The highest BCUT2D eigenvalue weighted by molar-refractivity contribution is 5.87. The van der Waals surface area contributed by atoms with E-state index in [4.69, 9.17) is 9.72 Å². The van der Waals surface area contributed by atoms with E-state index in [1.807, 2.05) is 25.0 Å². The van der Waals surface area contributed by atoms with E-state index < -0.39 is 0 Å². The molecule has 1 aliphatic carbocycles. The van der Waals surface area contributed by atoms with Gasteiger partial charge >= 0.3 is 0 Å². The van der Waals surface area contributed by atoms with Crippen LogP contribution in [-0.4, -0.2) is 72.8 Å². The lowest BCUT2D eigenvalue weighted by atomic mass is 9.90. The van der Waals surface area contributed by atoms with Crippen LogP contribution in [0.5, 0.6) is 0 Å². The predicted octanol–water partition coefficient (Wildman–Crippen LogP) is 1.90. The number of hydrogen-bond donors (Lipinski definition) is 2. The Bertz CT molecular complexity index is 999. The minimum atomic E-state index is 0.404. The summed E-state index contributed by atoms with van der Waals surface area (Å²) in [5, 5.41) is 15.5. The molecule has 0 spiro atoms. The van der Waals surface area contributed by atoms with Crippen molar-refractivity contribution in [3.63, 3.8) is 0 Å². The Kier molecular flexibility index (Phi) is 5.26. The zero-order valence-electron chi connectivity index (χ0n) is 17.6. The van der Waals surface area contributed by atoms with Gasteiger partial charge in [0.15, 0.2) is 5.82 Å². The Hall–Kier alpha value is -2.72. The molecular formula is C20H29N9O. The SMILES string of the molecule is Cn1cc(Nc2nc(N[C@H]3CC[C@H](N4CCOCC4)CC3)c3c(cnn3C)n2)cn1. The maximum Gasteiger partial charge on any atom is 0.230 e. The second kappa shape index (κ2) is 8.19. The molecular weight excluding hydrogens is 382 g/mol. The summed E-state index contributed by atoms with van der Waals surface area (Å²) >= 11 is 0. The second-order valence-corrected chi connectivity index (χ2v) is 8.22. The highest BCUT2D eigenvalue weighted by Gasteiger charge is 2.27. The van der Waals surface area contributed by atoms with Crippen molar-refractivity contribution in [3.05, 3.63) is 18.6 Å². The molecule has 0 atom stereocenters. The van der Waals surface area contributed by atoms with Crippen LogP contribution in [0.3, 0.4) is 0 Å². The summed E-state index contributed by atoms with van der Waals surface area (Å²) in [7, 11) is 3.82. The third kappa shape index (κ3) is 3.97. The van der Waals surface area contributed by atoms with Gasteiger partial charge in [-0.25, -0.2) is 4.98 Å². The lowest BCUT2D eigenvalue weighted by molar-refractivity contribution is 0.00791. The molecule has 10 heteroatoms. The molecule has 2 N–H and O–H groups in total. The standard InChI is InChI=1S/C20H29N9O/c1-27-13-15(11-21-27)24-20-25-17-12-22-28(2)18(17)19(26-20)23-14-3-5-16(6-4-14)29-7-9-30-10-8-29/h11-14,16H,3-10H2,1-2H3,(H2,23,24,25,26)/t14-,16-. The van der Waals surface area contributed by atoms with Crippen LogP contribution >= 0.6 is 0 Å². The van der Waals surface area contributed by atoms with Gasteiger partial charge in [0.25, 0.3) is 0 Å². The van der Waals surface area contributed by atoms with Crippen LogP contribution in [0.1, 0.15) is 25.7 Å². The normalized spacial score (nSPS) is 23.0. The first-order chi connectivity index (χ1) is 14.7. The quantitative estimate of drug-likeness (QED) is 0.657. The lowest BCUT2D eigenvalue weighted by Gasteiger charge is -2.39. The van der Waals surface area contributed by atoms with Crippen molar-refractivity contribution in [3.8, 4) is 0 Å². The first-order valence-electron chi connectivity index (χ1n) is 10.7. The van der Waals surface area contributed by atoms with Crippen LogP contribution in [0.25, 0.3) is 11.0 Å². The maximum atomic E-state index is 5.50. The molecule has 5 rings (SSSR count). The average molecular weight is 412 g/mol. The van der Waals surface area contributed by atoms with Crippen molar-refractivity contribution < 1.29 is 4.74 Å². The zero-order valence-corrected chi connectivity index (χ0v) is 17.6. The Balaban J connectivity index is 1.31. The average Bonchev–Trinajstić information content (AvgIpc) is 3.34. The van der Waals surface area contributed by atoms with Crippen LogP contribution in [0, 0.1) is 0 Å². The number of anilines is 3. The summed E-state index contributed by atoms with van der Waals surface area (Å²) in [6.45, 7) is 3.86. The van der Waals surface area contributed by atoms with Gasteiger partial charge in [-0.3, -0.25) is 14.3 Å². The molecule has 1 aliphatic heterocycles. The summed E-state index contributed by atoms with van der Waals surface area (Å²) < 4.78 is 9.09. The number of aryl methyl sites for hydroxylation is 2. The largest absolute Gasteiger partial charge is 0.379 e. The molecule has 160 valence electrons. The van der Waals surface area contributed by atoms with E-state index >= 15 is 0 Å². The van der Waals surface area contributed by atoms with Crippen molar-refractivity contribution in [2.45, 2.75) is 37.8 Å². The molecule has 4 heterocycles. The number of aromatic nitrogens is 6. The van der Waals surface area contributed by atoms with Gasteiger partial charge in [0.1, 0.15) is 11.0 Å². The Morgan fingerprint density at radius 1 is 1.00 bits per heavy atom. The topological polar surface area (TPSA) is 98.0 Å². The fourth-order valence-corrected chi connectivity index (χ4v) is 4.57. The molecule has 0 radical (unpaired) electrons. The molecule has 0 bridgehead atoms. The predicted molar refractivity (Wildman–Crippen MR) is 115 cm³/mol. The summed E-state index contributed by atoms with van der Waals surface area (Å²) in [4.78, 5) is 12.0. The van der Waals surface area contributed by atoms with Crippen LogP contribution in [0.4, 0.5) is 17.5 Å². The number of morpholine rings is 1. The van der Waals surface area contributed by atoms with Gasteiger partial charge in [-0.2, -0.15) is 15.2 Å². The summed E-state index contributed by atoms with van der Waals surface area (Å²) in [6.07, 6.45) is 10.1. The fraction of sp³-hybridized carbons (Fsp3) is 0.600. The lowest BCUT2D eigenvalue weighted by Crippen LogP contribution is -2.46. The van der Waals surface area contributed by atoms with Crippen molar-refractivity contribution >= 4 is 28.5 Å². The van der Waals surface area contributed by atoms with Gasteiger partial charge in [-0.05, 0) is 25.7 Å². The first kappa shape index (κ1) is 19.3. The monoisotopic (exact) mass is 411 g/mol. The smallest absolute Gasteiger partial charge is 0.230 e. The number of nitrogens with one attached hydrogen (secondary N) is 2. The summed E-state index contributed by atoms with van der Waals surface area (Å²) in [6, 6.07) is 1.08. The van der Waals surface area contributed by atoms with Crippen molar-refractivity contribution in [2.75, 3.05) is 36.9 Å². The van der Waals surface area contributed by atoms with E-state index in [9.17, 15) is 0 Å². The van der Waals surface area contributed by atoms with Crippen LogP contribution < -0.4 is 10.6 Å². The van der Waals surface area contributed by atoms with Crippen molar-refractivity contribution in [1.82, 2.24) is 34.4 Å². The van der Waals surface area contributed by atoms with Crippen LogP contribution in [0.2, 0.25) is 0 Å². The molecule has 10 nitrogen and oxygen atoms in total. The molecule has 1 saturated heterocycles. The molecule has 0 aromatic carbocycles. The van der Waals surface area contributed by atoms with Gasteiger partial charge in [0.2, 0.25) is 5.95 Å². The molecule has 0 unspecified atom stereocenters. The van der Waals surface area contributed by atoms with Gasteiger partial charge in [-0.15, -0.1) is 0 Å². The minimum absolute atomic E-state index is 0.404. The van der Waals surface area contributed by atoms with E-state index in [-0.39, 0.29) is 0 Å². The molecule has 3 aromatic heterocycles. The molecule has 0 amide bonds. The Labute approximate surface area is 175 Å². The van der Waals surface area contributed by atoms with E-state index in [1.54, 1.807) is 17.1 Å². The number of hydrogen-bond acceptors (Lipinski definition) is 8. The molecule has 2 fully saturated rings. The maximum absolute atomic E-state index is 5.50. The van der Waals surface area contributed by atoms with Gasteiger partial charge in [0.05, 0.1) is 31.3 Å². The number of ether oxygens (including phenoxy) is 1. The van der Waals surface area contributed by atoms with E-state index in [2.05, 4.69) is 30.7 Å². The van der Waals surface area contributed by atoms with Gasteiger partial charge < -0.3 is 15.4 Å². The zero-order chi connectivity index (χ0) is 20.5. The molecule has 1 saturated carbocycles.